The van der Waals surface area contributed by atoms with E-state index in [0.717, 1.165) is 11.4 Å². The van der Waals surface area contributed by atoms with Gasteiger partial charge in [0.05, 0.1) is 12.5 Å². The van der Waals surface area contributed by atoms with Gasteiger partial charge in [-0.2, -0.15) is 0 Å². The zero-order chi connectivity index (χ0) is 13.7. The minimum absolute atomic E-state index is 0.0149. The maximum absolute atomic E-state index is 11.7. The second-order valence-electron chi connectivity index (χ2n) is 4.44. The molecule has 2 aromatic heterocycles. The summed E-state index contributed by atoms with van der Waals surface area (Å²) in [6.45, 7) is 4.52. The molecule has 0 aliphatic rings. The standard InChI is InChI=1S/C13H17N5O/c1-9-3-4-12(15-5-9)16-6-10(2)18-13(19)11-7-14-8-17-11/h3-5,7-8,10H,6H2,1-2H3,(H,14,17)(H,15,16)(H,18,19). The average molecular weight is 259 g/mol. The van der Waals surface area contributed by atoms with E-state index in [4.69, 9.17) is 0 Å². The monoisotopic (exact) mass is 259 g/mol. The second-order valence-corrected chi connectivity index (χ2v) is 4.44. The van der Waals surface area contributed by atoms with E-state index >= 15 is 0 Å². The highest BCUT2D eigenvalue weighted by atomic mass is 16.1. The van der Waals surface area contributed by atoms with Gasteiger partial charge in [0.15, 0.2) is 0 Å². The van der Waals surface area contributed by atoms with E-state index < -0.39 is 0 Å². The average Bonchev–Trinajstić information content (AvgIpc) is 2.92. The molecule has 6 heteroatoms. The van der Waals surface area contributed by atoms with Crippen molar-refractivity contribution in [1.29, 1.82) is 0 Å². The fourth-order valence-electron chi connectivity index (χ4n) is 1.56. The number of H-pyrrole nitrogens is 1. The van der Waals surface area contributed by atoms with E-state index in [1.807, 2.05) is 26.0 Å². The number of nitrogens with one attached hydrogen (secondary N) is 3. The SMILES string of the molecule is Cc1ccc(NCC(C)NC(=O)c2cnc[nH]2)nc1. The van der Waals surface area contributed by atoms with Crippen LogP contribution in [0.5, 0.6) is 0 Å². The third-order valence-corrected chi connectivity index (χ3v) is 2.62. The number of hydrogen-bond donors (Lipinski definition) is 3. The van der Waals surface area contributed by atoms with Gasteiger partial charge in [-0.3, -0.25) is 4.79 Å². The van der Waals surface area contributed by atoms with E-state index in [-0.39, 0.29) is 11.9 Å². The van der Waals surface area contributed by atoms with Crippen LogP contribution in [0.2, 0.25) is 0 Å². The number of carbonyl (C=O) groups is 1. The lowest BCUT2D eigenvalue weighted by Crippen LogP contribution is -2.37. The lowest BCUT2D eigenvalue weighted by Gasteiger charge is -2.14. The molecular weight excluding hydrogens is 242 g/mol. The summed E-state index contributed by atoms with van der Waals surface area (Å²) >= 11 is 0. The highest BCUT2D eigenvalue weighted by Crippen LogP contribution is 2.03. The van der Waals surface area contributed by atoms with Gasteiger partial charge >= 0.3 is 0 Å². The van der Waals surface area contributed by atoms with Crippen molar-refractivity contribution >= 4 is 11.7 Å². The first-order valence-electron chi connectivity index (χ1n) is 6.11. The molecule has 0 aliphatic heterocycles. The molecule has 1 unspecified atom stereocenters. The topological polar surface area (TPSA) is 82.7 Å². The fourth-order valence-corrected chi connectivity index (χ4v) is 1.56. The van der Waals surface area contributed by atoms with Crippen LogP contribution in [0.25, 0.3) is 0 Å². The molecule has 0 saturated heterocycles. The minimum Gasteiger partial charge on any atom is -0.368 e. The number of aryl methyl sites for hydroxylation is 1. The van der Waals surface area contributed by atoms with Gasteiger partial charge < -0.3 is 15.6 Å². The summed E-state index contributed by atoms with van der Waals surface area (Å²) in [6, 6.07) is 3.89. The second kappa shape index (κ2) is 5.99. The molecule has 0 bridgehead atoms. The molecule has 1 amide bonds. The number of aromatic nitrogens is 3. The van der Waals surface area contributed by atoms with Crippen molar-refractivity contribution in [3.05, 3.63) is 42.1 Å². The molecule has 100 valence electrons. The molecule has 0 aromatic carbocycles. The summed E-state index contributed by atoms with van der Waals surface area (Å²) in [5.74, 6) is 0.636. The van der Waals surface area contributed by atoms with E-state index in [1.54, 1.807) is 6.20 Å². The van der Waals surface area contributed by atoms with Crippen LogP contribution >= 0.6 is 0 Å². The van der Waals surface area contributed by atoms with Crippen LogP contribution in [-0.4, -0.2) is 33.4 Å². The van der Waals surface area contributed by atoms with Crippen molar-refractivity contribution in [2.45, 2.75) is 19.9 Å². The van der Waals surface area contributed by atoms with Gasteiger partial charge in [0.25, 0.3) is 5.91 Å². The Labute approximate surface area is 111 Å². The number of anilines is 1. The van der Waals surface area contributed by atoms with Crippen LogP contribution in [0.15, 0.2) is 30.9 Å². The molecule has 3 N–H and O–H groups in total. The quantitative estimate of drug-likeness (QED) is 0.756. The molecule has 0 saturated carbocycles. The molecule has 0 fully saturated rings. The first-order valence-corrected chi connectivity index (χ1v) is 6.11. The van der Waals surface area contributed by atoms with Gasteiger partial charge in [0.2, 0.25) is 0 Å². The Morgan fingerprint density at radius 3 is 2.89 bits per heavy atom. The third kappa shape index (κ3) is 3.80. The highest BCUT2D eigenvalue weighted by molar-refractivity contribution is 5.92. The largest absolute Gasteiger partial charge is 0.368 e. The van der Waals surface area contributed by atoms with E-state index in [0.29, 0.717) is 12.2 Å². The number of rotatable bonds is 5. The zero-order valence-corrected chi connectivity index (χ0v) is 11.0. The highest BCUT2D eigenvalue weighted by Gasteiger charge is 2.10. The van der Waals surface area contributed by atoms with Gasteiger partial charge in [0, 0.05) is 18.8 Å². The predicted octanol–water partition coefficient (Wildman–Crippen LogP) is 1.34. The number of imidazole rings is 1. The van der Waals surface area contributed by atoms with Crippen LogP contribution < -0.4 is 10.6 Å². The summed E-state index contributed by atoms with van der Waals surface area (Å²) in [4.78, 5) is 22.6. The lowest BCUT2D eigenvalue weighted by molar-refractivity contribution is 0.0937. The lowest BCUT2D eigenvalue weighted by atomic mass is 10.3. The molecule has 2 heterocycles. The normalized spacial score (nSPS) is 11.9. The van der Waals surface area contributed by atoms with Crippen molar-refractivity contribution in [2.75, 3.05) is 11.9 Å². The predicted molar refractivity (Wildman–Crippen MR) is 73.0 cm³/mol. The number of aromatic amines is 1. The van der Waals surface area contributed by atoms with Crippen LogP contribution in [0.1, 0.15) is 23.0 Å². The molecule has 6 nitrogen and oxygen atoms in total. The number of carbonyl (C=O) groups excluding carboxylic acids is 1. The summed E-state index contributed by atoms with van der Waals surface area (Å²) in [5, 5.41) is 6.03. The summed E-state index contributed by atoms with van der Waals surface area (Å²) in [5.41, 5.74) is 1.58. The third-order valence-electron chi connectivity index (χ3n) is 2.62. The smallest absolute Gasteiger partial charge is 0.269 e. The summed E-state index contributed by atoms with van der Waals surface area (Å²) < 4.78 is 0. The summed E-state index contributed by atoms with van der Waals surface area (Å²) in [7, 11) is 0. The summed E-state index contributed by atoms with van der Waals surface area (Å²) in [6.07, 6.45) is 4.78. The Bertz CT molecular complexity index is 520. The Hall–Kier alpha value is -2.37. The van der Waals surface area contributed by atoms with Gasteiger partial charge in [-0.1, -0.05) is 6.07 Å². The van der Waals surface area contributed by atoms with Gasteiger partial charge in [-0.25, -0.2) is 9.97 Å². The maximum atomic E-state index is 11.7. The maximum Gasteiger partial charge on any atom is 0.269 e. The Morgan fingerprint density at radius 1 is 1.42 bits per heavy atom. The first-order chi connectivity index (χ1) is 9.15. The molecule has 2 aromatic rings. The molecule has 0 radical (unpaired) electrons. The van der Waals surface area contributed by atoms with Crippen LogP contribution in [0.4, 0.5) is 5.82 Å². The molecule has 1 atom stereocenters. The van der Waals surface area contributed by atoms with Crippen LogP contribution in [0, 0.1) is 6.92 Å². The first kappa shape index (κ1) is 13.1. The minimum atomic E-state index is -0.163. The van der Waals surface area contributed by atoms with Gasteiger partial charge in [-0.15, -0.1) is 0 Å². The Morgan fingerprint density at radius 2 is 2.26 bits per heavy atom. The van der Waals surface area contributed by atoms with Crippen molar-refractivity contribution in [1.82, 2.24) is 20.3 Å². The number of pyridine rings is 1. The molecule has 0 spiro atoms. The molecule has 19 heavy (non-hydrogen) atoms. The van der Waals surface area contributed by atoms with Crippen molar-refractivity contribution in [2.24, 2.45) is 0 Å². The fraction of sp³-hybridized carbons (Fsp3) is 0.308. The zero-order valence-electron chi connectivity index (χ0n) is 11.0. The van der Waals surface area contributed by atoms with Gasteiger partial charge in [-0.05, 0) is 25.5 Å². The van der Waals surface area contributed by atoms with E-state index in [9.17, 15) is 4.79 Å². The van der Waals surface area contributed by atoms with Crippen molar-refractivity contribution in [3.8, 4) is 0 Å². The molecule has 0 aliphatic carbocycles. The van der Waals surface area contributed by atoms with Crippen LogP contribution in [0.3, 0.4) is 0 Å². The van der Waals surface area contributed by atoms with Gasteiger partial charge in [0.1, 0.15) is 11.5 Å². The number of hydrogen-bond acceptors (Lipinski definition) is 4. The molecular formula is C13H17N5O. The van der Waals surface area contributed by atoms with E-state index in [1.165, 1.54) is 12.5 Å². The van der Waals surface area contributed by atoms with E-state index in [2.05, 4.69) is 25.6 Å². The number of nitrogens with zero attached hydrogens (tertiary/aromatic N) is 2. The number of amides is 1. The van der Waals surface area contributed by atoms with Crippen LogP contribution in [-0.2, 0) is 0 Å². The molecule has 2 rings (SSSR count). The Kier molecular flexibility index (Phi) is 4.12. The Balaban J connectivity index is 1.80. The van der Waals surface area contributed by atoms with Crippen molar-refractivity contribution < 1.29 is 4.79 Å². The van der Waals surface area contributed by atoms with Crippen molar-refractivity contribution in [3.63, 3.8) is 0 Å².